The molecule has 0 bridgehead atoms. The van der Waals surface area contributed by atoms with Gasteiger partial charge in [-0.3, -0.25) is 0 Å². The first-order chi connectivity index (χ1) is 8.19. The number of methoxy groups -OCH3 is 1. The van der Waals surface area contributed by atoms with Crippen molar-refractivity contribution in [2.45, 2.75) is 6.42 Å². The molecule has 94 valence electrons. The molecular formula is C11H18N4O2. The average molecular weight is 238 g/mol. The van der Waals surface area contributed by atoms with Gasteiger partial charge in [-0.15, -0.1) is 0 Å². The zero-order valence-corrected chi connectivity index (χ0v) is 10.2. The molecule has 1 unspecified atom stereocenters. The van der Waals surface area contributed by atoms with E-state index in [1.54, 1.807) is 13.2 Å². The Morgan fingerprint density at radius 2 is 2.41 bits per heavy atom. The summed E-state index contributed by atoms with van der Waals surface area (Å²) in [5, 5.41) is 0. The molecule has 0 aliphatic carbocycles. The molecule has 2 N–H and O–H groups in total. The highest BCUT2D eigenvalue weighted by Crippen LogP contribution is 2.20. The summed E-state index contributed by atoms with van der Waals surface area (Å²) in [6.45, 7) is 2.58. The van der Waals surface area contributed by atoms with E-state index in [2.05, 4.69) is 14.9 Å². The number of rotatable bonds is 4. The predicted octanol–water partition coefficient (Wildman–Crippen LogP) is 0.540. The molecule has 2 heterocycles. The number of nitrogens with two attached hydrogens (primary N) is 1. The first-order valence-electron chi connectivity index (χ1n) is 5.66. The molecule has 6 heteroatoms. The van der Waals surface area contributed by atoms with Crippen LogP contribution in [-0.2, 0) is 4.74 Å². The van der Waals surface area contributed by atoms with E-state index in [-0.39, 0.29) is 5.95 Å². The Hall–Kier alpha value is -1.56. The van der Waals surface area contributed by atoms with E-state index in [1.807, 2.05) is 7.05 Å². The normalized spacial score (nSPS) is 19.3. The van der Waals surface area contributed by atoms with Gasteiger partial charge in [0.1, 0.15) is 5.82 Å². The maximum absolute atomic E-state index is 5.63. The molecule has 1 aromatic rings. The Morgan fingerprint density at radius 3 is 3.06 bits per heavy atom. The zero-order valence-electron chi connectivity index (χ0n) is 10.2. The van der Waals surface area contributed by atoms with Crippen molar-refractivity contribution in [3.05, 3.63) is 6.07 Å². The van der Waals surface area contributed by atoms with Crippen molar-refractivity contribution in [1.82, 2.24) is 9.97 Å². The highest BCUT2D eigenvalue weighted by atomic mass is 16.5. The van der Waals surface area contributed by atoms with Gasteiger partial charge in [-0.05, 0) is 6.42 Å². The van der Waals surface area contributed by atoms with E-state index in [0.29, 0.717) is 11.8 Å². The molecular weight excluding hydrogens is 220 g/mol. The van der Waals surface area contributed by atoms with E-state index >= 15 is 0 Å². The standard InChI is InChI=1S/C11H18N4O2/c1-15(6-8-3-4-17-7-8)9-5-10(16-2)14-11(12)13-9/h5,8H,3-4,6-7H2,1-2H3,(H2,12,13,14). The van der Waals surface area contributed by atoms with Crippen molar-refractivity contribution in [1.29, 1.82) is 0 Å². The maximum atomic E-state index is 5.63. The molecule has 1 saturated heterocycles. The molecule has 1 aromatic heterocycles. The van der Waals surface area contributed by atoms with Gasteiger partial charge in [-0.25, -0.2) is 0 Å². The average Bonchev–Trinajstić information content (AvgIpc) is 2.81. The zero-order chi connectivity index (χ0) is 12.3. The van der Waals surface area contributed by atoms with Crippen LogP contribution in [0.4, 0.5) is 11.8 Å². The monoisotopic (exact) mass is 238 g/mol. The largest absolute Gasteiger partial charge is 0.481 e. The Morgan fingerprint density at radius 1 is 1.59 bits per heavy atom. The van der Waals surface area contributed by atoms with Crippen molar-refractivity contribution < 1.29 is 9.47 Å². The summed E-state index contributed by atoms with van der Waals surface area (Å²) in [6.07, 6.45) is 1.10. The van der Waals surface area contributed by atoms with Crippen LogP contribution in [0.2, 0.25) is 0 Å². The minimum absolute atomic E-state index is 0.230. The van der Waals surface area contributed by atoms with Crippen LogP contribution in [0.5, 0.6) is 5.88 Å². The van der Waals surface area contributed by atoms with E-state index in [1.165, 1.54) is 0 Å². The van der Waals surface area contributed by atoms with Gasteiger partial charge in [-0.1, -0.05) is 0 Å². The van der Waals surface area contributed by atoms with Crippen molar-refractivity contribution in [2.24, 2.45) is 5.92 Å². The van der Waals surface area contributed by atoms with Crippen molar-refractivity contribution in [3.8, 4) is 5.88 Å². The Bertz CT molecular complexity index is 380. The number of ether oxygens (including phenoxy) is 2. The van der Waals surface area contributed by atoms with Gasteiger partial charge in [0.15, 0.2) is 0 Å². The fourth-order valence-corrected chi connectivity index (χ4v) is 1.94. The minimum Gasteiger partial charge on any atom is -0.481 e. The van der Waals surface area contributed by atoms with Crippen molar-refractivity contribution in [2.75, 3.05) is 44.5 Å². The first kappa shape index (κ1) is 11.9. The van der Waals surface area contributed by atoms with Gasteiger partial charge >= 0.3 is 0 Å². The molecule has 1 fully saturated rings. The molecule has 0 radical (unpaired) electrons. The van der Waals surface area contributed by atoms with E-state index in [9.17, 15) is 0 Å². The van der Waals surface area contributed by atoms with Crippen LogP contribution in [0.1, 0.15) is 6.42 Å². The second-order valence-corrected chi connectivity index (χ2v) is 4.24. The van der Waals surface area contributed by atoms with E-state index in [0.717, 1.165) is 32.0 Å². The molecule has 6 nitrogen and oxygen atoms in total. The molecule has 1 aliphatic heterocycles. The molecule has 1 atom stereocenters. The highest BCUT2D eigenvalue weighted by molar-refractivity contribution is 5.44. The first-order valence-corrected chi connectivity index (χ1v) is 5.66. The maximum Gasteiger partial charge on any atom is 0.225 e. The topological polar surface area (TPSA) is 73.5 Å². The SMILES string of the molecule is COc1cc(N(C)CC2CCOC2)nc(N)n1. The minimum atomic E-state index is 0.230. The van der Waals surface area contributed by atoms with Crippen molar-refractivity contribution in [3.63, 3.8) is 0 Å². The van der Waals surface area contributed by atoms with E-state index in [4.69, 9.17) is 15.2 Å². The summed E-state index contributed by atoms with van der Waals surface area (Å²) in [5.41, 5.74) is 5.63. The van der Waals surface area contributed by atoms with Crippen LogP contribution in [0.15, 0.2) is 6.07 Å². The number of aromatic nitrogens is 2. The van der Waals surface area contributed by atoms with Gasteiger partial charge in [0.2, 0.25) is 11.8 Å². The van der Waals surface area contributed by atoms with Gasteiger partial charge < -0.3 is 20.1 Å². The summed E-state index contributed by atoms with van der Waals surface area (Å²) >= 11 is 0. The lowest BCUT2D eigenvalue weighted by Crippen LogP contribution is -2.26. The van der Waals surface area contributed by atoms with Crippen LogP contribution in [0.25, 0.3) is 0 Å². The summed E-state index contributed by atoms with van der Waals surface area (Å²) in [5.74, 6) is 2.05. The van der Waals surface area contributed by atoms with Crippen LogP contribution in [0, 0.1) is 5.92 Å². The number of hydrogen-bond donors (Lipinski definition) is 1. The summed E-state index contributed by atoms with van der Waals surface area (Å²) < 4.78 is 10.4. The second-order valence-electron chi connectivity index (χ2n) is 4.24. The third-order valence-corrected chi connectivity index (χ3v) is 2.86. The number of nitrogens with zero attached hydrogens (tertiary/aromatic N) is 3. The number of nitrogen functional groups attached to an aromatic ring is 1. The number of hydrogen-bond acceptors (Lipinski definition) is 6. The predicted molar refractivity (Wildman–Crippen MR) is 65.2 cm³/mol. The molecule has 0 aromatic carbocycles. The Kier molecular flexibility index (Phi) is 3.63. The van der Waals surface area contributed by atoms with Gasteiger partial charge in [0.05, 0.1) is 13.7 Å². The summed E-state index contributed by atoms with van der Waals surface area (Å²) in [6, 6.07) is 1.78. The molecule has 2 rings (SSSR count). The highest BCUT2D eigenvalue weighted by Gasteiger charge is 2.18. The molecule has 0 amide bonds. The summed E-state index contributed by atoms with van der Waals surface area (Å²) in [4.78, 5) is 10.2. The fourth-order valence-electron chi connectivity index (χ4n) is 1.94. The lowest BCUT2D eigenvalue weighted by atomic mass is 10.1. The van der Waals surface area contributed by atoms with Crippen LogP contribution in [-0.4, -0.2) is 43.9 Å². The second kappa shape index (κ2) is 5.18. The van der Waals surface area contributed by atoms with Crippen LogP contribution in [0.3, 0.4) is 0 Å². The fraction of sp³-hybridized carbons (Fsp3) is 0.636. The third-order valence-electron chi connectivity index (χ3n) is 2.86. The Labute approximate surface area is 101 Å². The molecule has 0 saturated carbocycles. The molecule has 0 spiro atoms. The van der Waals surface area contributed by atoms with Crippen LogP contribution >= 0.6 is 0 Å². The molecule has 1 aliphatic rings. The van der Waals surface area contributed by atoms with Crippen molar-refractivity contribution >= 4 is 11.8 Å². The van der Waals surface area contributed by atoms with Gasteiger partial charge in [-0.2, -0.15) is 9.97 Å². The van der Waals surface area contributed by atoms with Gasteiger partial charge in [0.25, 0.3) is 0 Å². The number of anilines is 2. The quantitative estimate of drug-likeness (QED) is 0.825. The van der Waals surface area contributed by atoms with Crippen LogP contribution < -0.4 is 15.4 Å². The van der Waals surface area contributed by atoms with E-state index < -0.39 is 0 Å². The summed E-state index contributed by atoms with van der Waals surface area (Å²) in [7, 11) is 3.55. The lowest BCUT2D eigenvalue weighted by molar-refractivity contribution is 0.186. The Balaban J connectivity index is 2.06. The lowest BCUT2D eigenvalue weighted by Gasteiger charge is -2.21. The third kappa shape index (κ3) is 2.97. The smallest absolute Gasteiger partial charge is 0.225 e. The molecule has 17 heavy (non-hydrogen) atoms. The van der Waals surface area contributed by atoms with Gasteiger partial charge in [0, 0.05) is 32.2 Å².